The molecule has 1 fully saturated rings. The zero-order chi connectivity index (χ0) is 19.9. The Kier molecular flexibility index (Phi) is 6.62. The number of methoxy groups -OCH3 is 1. The molecule has 0 bridgehead atoms. The fourth-order valence-corrected chi connectivity index (χ4v) is 3.09. The molecule has 3 rings (SSSR count). The van der Waals surface area contributed by atoms with Crippen LogP contribution in [0, 0.1) is 0 Å². The van der Waals surface area contributed by atoms with Gasteiger partial charge in [0.15, 0.2) is 6.04 Å². The minimum Gasteiger partial charge on any atom is -0.459 e. The summed E-state index contributed by atoms with van der Waals surface area (Å²) < 4.78 is 15.8. The van der Waals surface area contributed by atoms with Crippen LogP contribution in [-0.4, -0.2) is 54.0 Å². The normalized spacial score (nSPS) is 21.4. The van der Waals surface area contributed by atoms with Crippen molar-refractivity contribution in [3.05, 3.63) is 71.8 Å². The third-order valence-electron chi connectivity index (χ3n) is 4.62. The SMILES string of the molecule is COC1CN(C(=O)OCc2ccccc2)[C@H](C(=O)OCc2ccccc2)C1O. The first kappa shape index (κ1) is 19.9. The van der Waals surface area contributed by atoms with Gasteiger partial charge in [-0.25, -0.2) is 9.59 Å². The second kappa shape index (κ2) is 9.34. The van der Waals surface area contributed by atoms with E-state index in [4.69, 9.17) is 14.2 Å². The lowest BCUT2D eigenvalue weighted by atomic mass is 10.1. The maximum atomic E-state index is 12.6. The lowest BCUT2D eigenvalue weighted by Gasteiger charge is -2.23. The molecule has 1 amide bonds. The summed E-state index contributed by atoms with van der Waals surface area (Å²) in [5, 5.41) is 10.4. The molecule has 0 spiro atoms. The van der Waals surface area contributed by atoms with Crippen LogP contribution < -0.4 is 0 Å². The van der Waals surface area contributed by atoms with Crippen molar-refractivity contribution in [1.29, 1.82) is 0 Å². The Morgan fingerprint density at radius 2 is 1.50 bits per heavy atom. The number of benzene rings is 2. The van der Waals surface area contributed by atoms with E-state index in [1.54, 1.807) is 0 Å². The molecule has 1 N–H and O–H groups in total. The third-order valence-corrected chi connectivity index (χ3v) is 4.62. The molecule has 0 radical (unpaired) electrons. The van der Waals surface area contributed by atoms with Crippen LogP contribution in [0.15, 0.2) is 60.7 Å². The maximum Gasteiger partial charge on any atom is 0.411 e. The predicted molar refractivity (Wildman–Crippen MR) is 100 cm³/mol. The summed E-state index contributed by atoms with van der Waals surface area (Å²) in [6, 6.07) is 17.2. The fourth-order valence-electron chi connectivity index (χ4n) is 3.09. The van der Waals surface area contributed by atoms with E-state index in [-0.39, 0.29) is 19.8 Å². The second-order valence-corrected chi connectivity index (χ2v) is 6.50. The molecule has 0 aromatic heterocycles. The van der Waals surface area contributed by atoms with E-state index >= 15 is 0 Å². The molecule has 1 aliphatic rings. The van der Waals surface area contributed by atoms with Crippen LogP contribution in [0.3, 0.4) is 0 Å². The number of aliphatic hydroxyl groups is 1. The Bertz CT molecular complexity index is 782. The predicted octanol–water partition coefficient (Wildman–Crippen LogP) is 2.13. The highest BCUT2D eigenvalue weighted by molar-refractivity contribution is 5.83. The molecule has 3 atom stereocenters. The smallest absolute Gasteiger partial charge is 0.411 e. The van der Waals surface area contributed by atoms with Crippen molar-refractivity contribution in [2.24, 2.45) is 0 Å². The van der Waals surface area contributed by atoms with Crippen molar-refractivity contribution in [2.45, 2.75) is 31.5 Å². The van der Waals surface area contributed by atoms with Gasteiger partial charge in [0.1, 0.15) is 25.4 Å². The van der Waals surface area contributed by atoms with Gasteiger partial charge in [0.25, 0.3) is 0 Å². The molecule has 148 valence electrons. The van der Waals surface area contributed by atoms with Gasteiger partial charge < -0.3 is 19.3 Å². The lowest BCUT2D eigenvalue weighted by Crippen LogP contribution is -2.46. The zero-order valence-corrected chi connectivity index (χ0v) is 15.6. The first-order valence-electron chi connectivity index (χ1n) is 8.99. The average molecular weight is 385 g/mol. The first-order chi connectivity index (χ1) is 13.6. The van der Waals surface area contributed by atoms with Gasteiger partial charge in [-0.15, -0.1) is 0 Å². The summed E-state index contributed by atoms with van der Waals surface area (Å²) >= 11 is 0. The number of carbonyl (C=O) groups excluding carboxylic acids is 2. The van der Waals surface area contributed by atoms with Crippen LogP contribution in [0.4, 0.5) is 4.79 Å². The fraction of sp³-hybridized carbons (Fsp3) is 0.333. The molecule has 0 aliphatic carbocycles. The molecule has 28 heavy (non-hydrogen) atoms. The molecule has 2 aromatic carbocycles. The number of hydrogen-bond acceptors (Lipinski definition) is 6. The first-order valence-corrected chi connectivity index (χ1v) is 8.99. The summed E-state index contributed by atoms with van der Waals surface area (Å²) in [6.45, 7) is 0.152. The van der Waals surface area contributed by atoms with Crippen molar-refractivity contribution in [2.75, 3.05) is 13.7 Å². The van der Waals surface area contributed by atoms with Crippen LogP contribution in [0.1, 0.15) is 11.1 Å². The van der Waals surface area contributed by atoms with Crippen molar-refractivity contribution in [3.8, 4) is 0 Å². The molecular weight excluding hydrogens is 362 g/mol. The molecule has 7 heteroatoms. The van der Waals surface area contributed by atoms with Crippen LogP contribution in [-0.2, 0) is 32.2 Å². The standard InChI is InChI=1S/C21H23NO6/c1-26-17-12-22(21(25)28-14-16-10-6-3-7-11-16)18(19(17)23)20(24)27-13-15-8-4-2-5-9-15/h2-11,17-19,23H,12-14H2,1H3/t17?,18-,19?/m0/s1. The van der Waals surface area contributed by atoms with Gasteiger partial charge in [0, 0.05) is 7.11 Å². The Morgan fingerprint density at radius 1 is 0.964 bits per heavy atom. The van der Waals surface area contributed by atoms with Crippen molar-refractivity contribution in [3.63, 3.8) is 0 Å². The van der Waals surface area contributed by atoms with E-state index in [9.17, 15) is 14.7 Å². The molecule has 1 saturated heterocycles. The summed E-state index contributed by atoms with van der Waals surface area (Å²) in [7, 11) is 1.42. The monoisotopic (exact) mass is 385 g/mol. The molecule has 1 aliphatic heterocycles. The Labute approximate surface area is 163 Å². The number of aliphatic hydroxyl groups excluding tert-OH is 1. The molecule has 2 unspecified atom stereocenters. The van der Waals surface area contributed by atoms with Gasteiger partial charge >= 0.3 is 12.1 Å². The summed E-state index contributed by atoms with van der Waals surface area (Å²) in [4.78, 5) is 26.3. The highest BCUT2D eigenvalue weighted by atomic mass is 16.6. The van der Waals surface area contributed by atoms with Crippen LogP contribution in [0.2, 0.25) is 0 Å². The van der Waals surface area contributed by atoms with Crippen molar-refractivity contribution in [1.82, 2.24) is 4.90 Å². The summed E-state index contributed by atoms with van der Waals surface area (Å²) in [5.41, 5.74) is 1.63. The van der Waals surface area contributed by atoms with Crippen LogP contribution >= 0.6 is 0 Å². The number of amides is 1. The average Bonchev–Trinajstić information content (AvgIpc) is 3.08. The number of ether oxygens (including phenoxy) is 3. The van der Waals surface area contributed by atoms with Gasteiger partial charge in [-0.3, -0.25) is 4.90 Å². The van der Waals surface area contributed by atoms with Crippen LogP contribution in [0.25, 0.3) is 0 Å². The van der Waals surface area contributed by atoms with Gasteiger partial charge in [0.05, 0.1) is 6.54 Å². The van der Waals surface area contributed by atoms with Crippen LogP contribution in [0.5, 0.6) is 0 Å². The van der Waals surface area contributed by atoms with E-state index in [1.807, 2.05) is 60.7 Å². The minimum atomic E-state index is -1.20. The Balaban J connectivity index is 1.65. The van der Waals surface area contributed by atoms with Gasteiger partial charge in [-0.05, 0) is 11.1 Å². The topological polar surface area (TPSA) is 85.3 Å². The van der Waals surface area contributed by atoms with E-state index in [0.717, 1.165) is 16.0 Å². The summed E-state index contributed by atoms with van der Waals surface area (Å²) in [6.07, 6.45) is -2.60. The largest absolute Gasteiger partial charge is 0.459 e. The number of rotatable bonds is 6. The van der Waals surface area contributed by atoms with Crippen molar-refractivity contribution < 1.29 is 28.9 Å². The van der Waals surface area contributed by atoms with E-state index in [0.29, 0.717) is 0 Å². The quantitative estimate of drug-likeness (QED) is 0.767. The Morgan fingerprint density at radius 3 is 2.04 bits per heavy atom. The molecule has 2 aromatic rings. The van der Waals surface area contributed by atoms with Gasteiger partial charge in [-0.1, -0.05) is 60.7 Å². The number of nitrogens with zero attached hydrogens (tertiary/aromatic N) is 1. The molecule has 0 saturated carbocycles. The highest BCUT2D eigenvalue weighted by Crippen LogP contribution is 2.24. The molecule has 1 heterocycles. The van der Waals surface area contributed by atoms with E-state index < -0.39 is 30.3 Å². The number of esters is 1. The number of carbonyl (C=O) groups is 2. The minimum absolute atomic E-state index is 0.0381. The summed E-state index contributed by atoms with van der Waals surface area (Å²) in [5.74, 6) is -0.701. The zero-order valence-electron chi connectivity index (χ0n) is 15.6. The molecular formula is C21H23NO6. The number of hydrogen-bond donors (Lipinski definition) is 1. The van der Waals surface area contributed by atoms with E-state index in [2.05, 4.69) is 0 Å². The number of likely N-dealkylation sites (tertiary alicyclic amines) is 1. The van der Waals surface area contributed by atoms with Crippen molar-refractivity contribution >= 4 is 12.1 Å². The maximum absolute atomic E-state index is 12.6. The van der Waals surface area contributed by atoms with Gasteiger partial charge in [0.2, 0.25) is 0 Å². The van der Waals surface area contributed by atoms with Gasteiger partial charge in [-0.2, -0.15) is 0 Å². The highest BCUT2D eigenvalue weighted by Gasteiger charge is 2.49. The van der Waals surface area contributed by atoms with E-state index in [1.165, 1.54) is 7.11 Å². The Hall–Kier alpha value is -2.90. The third kappa shape index (κ3) is 4.68. The molecule has 7 nitrogen and oxygen atoms in total. The lowest BCUT2D eigenvalue weighted by molar-refractivity contribution is -0.153. The second-order valence-electron chi connectivity index (χ2n) is 6.50.